The number of ether oxygens (including phenoxy) is 13. The van der Waals surface area contributed by atoms with Crippen LogP contribution in [0.3, 0.4) is 0 Å². The highest BCUT2D eigenvalue weighted by atomic mass is 16.8. The van der Waals surface area contributed by atoms with Gasteiger partial charge in [0.1, 0.15) is 36.5 Å². The fourth-order valence-electron chi connectivity index (χ4n) is 14.5. The molecule has 5 aliphatic heterocycles. The molecule has 5 heterocycles. The number of phenols is 29. The van der Waals surface area contributed by atoms with Crippen LogP contribution in [0.1, 0.15) is 104 Å². The molecule has 134 heavy (non-hydrogen) atoms. The first-order valence-electron chi connectivity index (χ1n) is 37.1. The fourth-order valence-corrected chi connectivity index (χ4v) is 14.5. The lowest BCUT2D eigenvalue weighted by molar-refractivity contribution is -0.283. The Kier molecular flexibility index (Phi) is 22.0. The summed E-state index contributed by atoms with van der Waals surface area (Å²) in [5.41, 5.74) is -20.3. The van der Waals surface area contributed by atoms with E-state index in [1.54, 1.807) is 0 Å². The van der Waals surface area contributed by atoms with E-state index in [9.17, 15) is 172 Å². The van der Waals surface area contributed by atoms with E-state index >= 15 is 24.0 Å². The van der Waals surface area contributed by atoms with Crippen LogP contribution in [-0.2, 0) is 56.8 Å². The summed E-state index contributed by atoms with van der Waals surface area (Å²) in [5, 5.41) is 319. The van der Waals surface area contributed by atoms with Crippen molar-refractivity contribution in [2.75, 3.05) is 13.2 Å². The molecule has 0 bridgehead atoms. The summed E-state index contributed by atoms with van der Waals surface area (Å²) in [5.74, 6) is -67.3. The first-order chi connectivity index (χ1) is 63.1. The zero-order valence-corrected chi connectivity index (χ0v) is 65.6. The van der Waals surface area contributed by atoms with Gasteiger partial charge in [0.25, 0.3) is 0 Å². The Balaban J connectivity index is 0.840. The first kappa shape index (κ1) is 89.6. The number of esters is 10. The van der Waals surface area contributed by atoms with Crippen LogP contribution >= 0.6 is 0 Å². The molecule has 52 nitrogen and oxygen atoms in total. The molecule has 2 saturated heterocycles. The summed E-state index contributed by atoms with van der Waals surface area (Å²) < 4.78 is 74.4. The molecule has 0 radical (unpaired) electrons. The van der Waals surface area contributed by atoms with Gasteiger partial charge in [-0.3, -0.25) is 0 Å². The third kappa shape index (κ3) is 14.9. The fraction of sp³-hybridized carbons (Fsp3) is 0.146. The molecule has 0 spiro atoms. The Bertz CT molecular complexity index is 6840. The molecule has 5 aliphatic rings. The quantitative estimate of drug-likeness (QED) is 0.0527. The van der Waals surface area contributed by atoms with Crippen LogP contribution in [0.25, 0.3) is 33.4 Å². The second-order valence-electron chi connectivity index (χ2n) is 29.0. The largest absolute Gasteiger partial charge is 0.504 e. The van der Waals surface area contributed by atoms with Crippen molar-refractivity contribution < 1.29 is 258 Å². The Morgan fingerprint density at radius 3 is 0.985 bits per heavy atom. The number of rotatable bonds is 10. The molecule has 10 unspecified atom stereocenters. The van der Waals surface area contributed by atoms with Crippen molar-refractivity contribution in [3.8, 4) is 212 Å². The zero-order valence-electron chi connectivity index (χ0n) is 65.6. The molecule has 0 aliphatic carbocycles. The van der Waals surface area contributed by atoms with Gasteiger partial charge in [-0.25, -0.2) is 47.9 Å². The molecule has 0 amide bonds. The van der Waals surface area contributed by atoms with Gasteiger partial charge in [-0.1, -0.05) is 0 Å². The van der Waals surface area contributed by atoms with Gasteiger partial charge in [-0.2, -0.15) is 0 Å². The maximum absolute atomic E-state index is 15.4. The molecule has 0 saturated carbocycles. The third-order valence-electron chi connectivity index (χ3n) is 21.0. The average Bonchev–Trinajstić information content (AvgIpc) is 1.04. The lowest BCUT2D eigenvalue weighted by atomic mass is 9.91. The van der Waals surface area contributed by atoms with E-state index in [1.807, 2.05) is 0 Å². The SMILES string of the molecule is O=C(OC1OC2COC(=O)c3cc(O)c(O)c(O)c3-c3c(cc(O)c(O)c3O)C(=O)OC2C(OC(=O)c2cc(O)c(O)c(O)c2)C1OC(=O)c1ccc(O)c(O)c1O)c1cc(O)c(O)c(Oc2c(C(=O)OC3OC4COC(=O)c5cc(O)c(O)c(O)c5-c5c(cc(O)c(O)c5O)C(=O)OC4C4OC(=O)c5cc(O)c(O)c(O)c5-c5c(cc(O)c(O)c5O)C(=O)OC34)cc(O)c(O)c2O)c1. The van der Waals surface area contributed by atoms with Crippen LogP contribution in [0, 0.1) is 0 Å². The summed E-state index contributed by atoms with van der Waals surface area (Å²) in [7, 11) is 0. The molecule has 0 aromatic heterocycles. The van der Waals surface area contributed by atoms with Gasteiger partial charge in [0.15, 0.2) is 145 Å². The predicted octanol–water partition coefficient (Wildman–Crippen LogP) is 3.71. The molecule has 10 aromatic carbocycles. The minimum absolute atomic E-state index is 0.107. The second kappa shape index (κ2) is 32.9. The molecule has 2 fully saturated rings. The van der Waals surface area contributed by atoms with Gasteiger partial charge < -0.3 is 210 Å². The highest BCUT2D eigenvalue weighted by molar-refractivity contribution is 6.12. The van der Waals surface area contributed by atoms with Crippen molar-refractivity contribution >= 4 is 59.7 Å². The van der Waals surface area contributed by atoms with Crippen LogP contribution in [0.4, 0.5) is 0 Å². The highest BCUT2D eigenvalue weighted by Crippen LogP contribution is 2.59. The van der Waals surface area contributed by atoms with Gasteiger partial charge in [0.05, 0.1) is 44.5 Å². The number of fused-ring (bicyclic) bond motifs is 13. The van der Waals surface area contributed by atoms with Crippen molar-refractivity contribution in [1.29, 1.82) is 0 Å². The number of aromatic hydroxyl groups is 29. The van der Waals surface area contributed by atoms with E-state index in [1.165, 1.54) is 0 Å². The van der Waals surface area contributed by atoms with Gasteiger partial charge in [0.2, 0.25) is 82.3 Å². The molecule has 52 heteroatoms. The summed E-state index contributed by atoms with van der Waals surface area (Å²) in [6.45, 7) is -3.13. The minimum atomic E-state index is -3.09. The maximum Gasteiger partial charge on any atom is 0.344 e. The second-order valence-corrected chi connectivity index (χ2v) is 29.0. The first-order valence-corrected chi connectivity index (χ1v) is 37.1. The number of benzene rings is 10. The topological polar surface area (TPSA) is 877 Å². The van der Waals surface area contributed by atoms with Crippen molar-refractivity contribution in [2.45, 2.75) is 61.4 Å². The van der Waals surface area contributed by atoms with E-state index < -0.39 is 402 Å². The van der Waals surface area contributed by atoms with Crippen LogP contribution in [-0.4, -0.2) is 282 Å². The molecule has 15 rings (SSSR count). The average molecular weight is 1870 g/mol. The minimum Gasteiger partial charge on any atom is -0.504 e. The van der Waals surface area contributed by atoms with Crippen LogP contribution in [0.2, 0.25) is 0 Å². The van der Waals surface area contributed by atoms with Crippen molar-refractivity contribution in [1.82, 2.24) is 0 Å². The third-order valence-corrected chi connectivity index (χ3v) is 21.0. The van der Waals surface area contributed by atoms with Crippen molar-refractivity contribution in [2.24, 2.45) is 0 Å². The van der Waals surface area contributed by atoms with Crippen LogP contribution in [0.5, 0.6) is 178 Å². The summed E-state index contributed by atoms with van der Waals surface area (Å²) >= 11 is 0. The molecule has 696 valence electrons. The molecular weight excluding hydrogens is 1820 g/mol. The van der Waals surface area contributed by atoms with Crippen LogP contribution < -0.4 is 4.74 Å². The van der Waals surface area contributed by atoms with E-state index in [2.05, 4.69) is 0 Å². The van der Waals surface area contributed by atoms with Gasteiger partial charge in [-0.15, -0.1) is 0 Å². The van der Waals surface area contributed by atoms with Crippen molar-refractivity contribution in [3.63, 3.8) is 0 Å². The standard InChI is InChI=1S/C82H56O52/c83-26-2-1-18(46(94)49(26)97)75(116)131-69-67(129-71(112)16-3-27(84)47(95)28(85)4-16)65-38(14-122-73(114)19-7-30(87)50(98)57(105)40(19)42-21(76(117)127-65)9-32(89)52(100)59(42)107)125-81(69)133-72(113)17-5-29(86)48(96)37(6-17)124-64-25(13-36(93)56(104)63(64)111)80(121)134-82-70-68(130-78(119)23-11-34(91)54(102)61(109)44(23)45-24(79(120)132-70)12-35(92)55(103)62(45)110)66-39(126-82)15-123-74(115)20-8-31(88)51(99)58(106)41(20)43-22(77(118)128-66)10-33(90)53(101)60(43)108/h1-13,38-39,65-70,81-111H,14-15H2. The Labute approximate surface area is 735 Å². The normalized spacial score (nSPS) is 19.6. The predicted molar refractivity (Wildman–Crippen MR) is 414 cm³/mol. The Morgan fingerprint density at radius 1 is 0.254 bits per heavy atom. The van der Waals surface area contributed by atoms with E-state index in [4.69, 9.17) is 61.6 Å². The van der Waals surface area contributed by atoms with Gasteiger partial charge in [-0.05, 0) is 72.8 Å². The molecule has 10 atom stereocenters. The van der Waals surface area contributed by atoms with E-state index in [-0.39, 0.29) is 42.5 Å². The molecule has 10 aromatic rings. The lowest BCUT2D eigenvalue weighted by Gasteiger charge is -2.44. The van der Waals surface area contributed by atoms with Gasteiger partial charge in [0, 0.05) is 39.4 Å². The number of carbonyl (C=O) groups is 10. The molecule has 29 N–H and O–H groups in total. The lowest BCUT2D eigenvalue weighted by Crippen LogP contribution is -2.63. The zero-order chi connectivity index (χ0) is 97.5. The van der Waals surface area contributed by atoms with E-state index in [0.29, 0.717) is 36.4 Å². The number of hydrogen-bond donors (Lipinski definition) is 29. The van der Waals surface area contributed by atoms with E-state index in [0.717, 1.165) is 0 Å². The summed E-state index contributed by atoms with van der Waals surface area (Å²) in [6, 6.07) is 4.15. The van der Waals surface area contributed by atoms with Gasteiger partial charge >= 0.3 is 59.7 Å². The number of phenolic OH excluding ortho intramolecular Hbond substituents is 29. The maximum atomic E-state index is 15.4. The number of carbonyl (C=O) groups excluding carboxylic acids is 10. The van der Waals surface area contributed by atoms with Crippen molar-refractivity contribution in [3.05, 3.63) is 134 Å². The monoisotopic (exact) mass is 1870 g/mol. The summed E-state index contributed by atoms with van der Waals surface area (Å²) in [6.07, 6.45) is -28.6. The number of hydrogen-bond acceptors (Lipinski definition) is 52. The Hall–Kier alpha value is -19.2. The summed E-state index contributed by atoms with van der Waals surface area (Å²) in [4.78, 5) is 149. The number of cyclic esters (lactones) is 2. The Morgan fingerprint density at radius 2 is 0.560 bits per heavy atom. The molecular formula is C82H56O52. The highest BCUT2D eigenvalue weighted by Gasteiger charge is 2.59. The van der Waals surface area contributed by atoms with Crippen LogP contribution in [0.15, 0.2) is 78.9 Å². The smallest absolute Gasteiger partial charge is 0.344 e.